The molecule has 2 nitrogen and oxygen atoms in total. The largest absolute Gasteiger partial charge is 0.382 e. The lowest BCUT2D eigenvalue weighted by Gasteiger charge is -2.23. The lowest BCUT2D eigenvalue weighted by molar-refractivity contribution is 0.0699. The van der Waals surface area contributed by atoms with Gasteiger partial charge >= 0.3 is 0 Å². The summed E-state index contributed by atoms with van der Waals surface area (Å²) in [6.07, 6.45) is 2.21. The van der Waals surface area contributed by atoms with E-state index in [1.807, 2.05) is 18.2 Å². The average Bonchev–Trinajstić information content (AvgIpc) is 2.30. The smallest absolute Gasteiger partial charge is 0.0719 e. The summed E-state index contributed by atoms with van der Waals surface area (Å²) in [5, 5.41) is 4.69. The van der Waals surface area contributed by atoms with Gasteiger partial charge in [-0.2, -0.15) is 0 Å². The summed E-state index contributed by atoms with van der Waals surface area (Å²) in [7, 11) is 0. The van der Waals surface area contributed by atoms with Crippen LogP contribution in [0, 0.1) is 5.92 Å². The zero-order valence-electron chi connectivity index (χ0n) is 9.01. The number of hydrogen-bond donors (Lipinski definition) is 1. The second-order valence-electron chi connectivity index (χ2n) is 4.03. The van der Waals surface area contributed by atoms with Crippen molar-refractivity contribution in [3.63, 3.8) is 0 Å². The van der Waals surface area contributed by atoms with Crippen molar-refractivity contribution in [2.24, 2.45) is 5.92 Å². The minimum absolute atomic E-state index is 0.654. The summed E-state index contributed by atoms with van der Waals surface area (Å²) >= 11 is 12.2. The van der Waals surface area contributed by atoms with Crippen LogP contribution in [0.5, 0.6) is 0 Å². The second-order valence-corrected chi connectivity index (χ2v) is 4.85. The molecule has 1 aromatic carbocycles. The number of para-hydroxylation sites is 1. The summed E-state index contributed by atoms with van der Waals surface area (Å²) in [5.41, 5.74) is 0.845. The summed E-state index contributed by atoms with van der Waals surface area (Å²) in [6, 6.07) is 5.55. The van der Waals surface area contributed by atoms with Crippen molar-refractivity contribution in [3.8, 4) is 0 Å². The third-order valence-electron chi connectivity index (χ3n) is 2.87. The standard InChI is InChI=1S/C12H15Cl2NO/c13-10-2-1-3-11(14)12(10)15-8-9-4-6-16-7-5-9/h1-3,9,15H,4-8H2. The first-order chi connectivity index (χ1) is 7.77. The van der Waals surface area contributed by atoms with Crippen LogP contribution in [0.15, 0.2) is 18.2 Å². The number of rotatable bonds is 3. The van der Waals surface area contributed by atoms with E-state index in [4.69, 9.17) is 27.9 Å². The van der Waals surface area contributed by atoms with Gasteiger partial charge in [0.25, 0.3) is 0 Å². The molecule has 2 rings (SSSR count). The zero-order chi connectivity index (χ0) is 11.4. The summed E-state index contributed by atoms with van der Waals surface area (Å²) in [5.74, 6) is 0.654. The molecule has 1 aliphatic heterocycles. The molecule has 0 aromatic heterocycles. The highest BCUT2D eigenvalue weighted by Gasteiger charge is 2.14. The van der Waals surface area contributed by atoms with E-state index in [-0.39, 0.29) is 0 Å². The Morgan fingerprint density at radius 3 is 2.44 bits per heavy atom. The SMILES string of the molecule is Clc1cccc(Cl)c1NCC1CCOCC1. The van der Waals surface area contributed by atoms with Crippen LogP contribution in [-0.4, -0.2) is 19.8 Å². The number of benzene rings is 1. The highest BCUT2D eigenvalue weighted by Crippen LogP contribution is 2.30. The molecular weight excluding hydrogens is 245 g/mol. The van der Waals surface area contributed by atoms with Crippen molar-refractivity contribution in [3.05, 3.63) is 28.2 Å². The van der Waals surface area contributed by atoms with Gasteiger partial charge in [0.1, 0.15) is 0 Å². The Labute approximate surface area is 106 Å². The van der Waals surface area contributed by atoms with Crippen LogP contribution in [0.4, 0.5) is 5.69 Å². The Balaban J connectivity index is 1.93. The topological polar surface area (TPSA) is 21.3 Å². The fourth-order valence-electron chi connectivity index (χ4n) is 1.86. The molecule has 0 saturated carbocycles. The van der Waals surface area contributed by atoms with Gasteiger partial charge in [-0.15, -0.1) is 0 Å². The van der Waals surface area contributed by atoms with Gasteiger partial charge in [0.2, 0.25) is 0 Å². The zero-order valence-corrected chi connectivity index (χ0v) is 10.5. The van der Waals surface area contributed by atoms with E-state index in [1.54, 1.807) is 0 Å². The molecule has 0 amide bonds. The van der Waals surface area contributed by atoms with Crippen LogP contribution in [0.3, 0.4) is 0 Å². The maximum Gasteiger partial charge on any atom is 0.0719 e. The molecule has 4 heteroatoms. The predicted octanol–water partition coefficient (Wildman–Crippen LogP) is 3.83. The van der Waals surface area contributed by atoms with Crippen molar-refractivity contribution in [2.75, 3.05) is 25.1 Å². The van der Waals surface area contributed by atoms with Crippen molar-refractivity contribution >= 4 is 28.9 Å². The monoisotopic (exact) mass is 259 g/mol. The molecular formula is C12H15Cl2NO. The first-order valence-corrected chi connectivity index (χ1v) is 6.28. The summed E-state index contributed by atoms with van der Waals surface area (Å²) in [6.45, 7) is 2.64. The number of nitrogens with one attached hydrogen (secondary N) is 1. The van der Waals surface area contributed by atoms with Gasteiger partial charge < -0.3 is 10.1 Å². The highest BCUT2D eigenvalue weighted by molar-refractivity contribution is 6.39. The van der Waals surface area contributed by atoms with Gasteiger partial charge in [-0.05, 0) is 30.9 Å². The molecule has 0 bridgehead atoms. The summed E-state index contributed by atoms with van der Waals surface area (Å²) in [4.78, 5) is 0. The average molecular weight is 260 g/mol. The van der Waals surface area contributed by atoms with E-state index >= 15 is 0 Å². The molecule has 1 fully saturated rings. The van der Waals surface area contributed by atoms with E-state index in [0.29, 0.717) is 16.0 Å². The minimum Gasteiger partial charge on any atom is -0.382 e. The lowest BCUT2D eigenvalue weighted by Crippen LogP contribution is -2.22. The first-order valence-electron chi connectivity index (χ1n) is 5.53. The van der Waals surface area contributed by atoms with Crippen LogP contribution in [-0.2, 0) is 4.74 Å². The third kappa shape index (κ3) is 3.03. The molecule has 1 saturated heterocycles. The maximum absolute atomic E-state index is 6.08. The molecule has 1 aromatic rings. The van der Waals surface area contributed by atoms with Crippen molar-refractivity contribution in [1.29, 1.82) is 0 Å². The second kappa shape index (κ2) is 5.76. The lowest BCUT2D eigenvalue weighted by atomic mass is 10.0. The van der Waals surface area contributed by atoms with Crippen LogP contribution < -0.4 is 5.32 Å². The Morgan fingerprint density at radius 2 is 1.81 bits per heavy atom. The number of ether oxygens (including phenoxy) is 1. The van der Waals surface area contributed by atoms with Gasteiger partial charge in [-0.3, -0.25) is 0 Å². The van der Waals surface area contributed by atoms with Crippen LogP contribution >= 0.6 is 23.2 Å². The Hall–Kier alpha value is -0.440. The number of hydrogen-bond acceptors (Lipinski definition) is 2. The third-order valence-corrected chi connectivity index (χ3v) is 3.50. The highest BCUT2D eigenvalue weighted by atomic mass is 35.5. The maximum atomic E-state index is 6.08. The van der Waals surface area contributed by atoms with E-state index in [0.717, 1.165) is 38.3 Å². The number of halogens is 2. The van der Waals surface area contributed by atoms with E-state index in [2.05, 4.69) is 5.32 Å². The fraction of sp³-hybridized carbons (Fsp3) is 0.500. The van der Waals surface area contributed by atoms with E-state index < -0.39 is 0 Å². The first kappa shape index (κ1) is 12.0. The van der Waals surface area contributed by atoms with Gasteiger partial charge in [-0.25, -0.2) is 0 Å². The van der Waals surface area contributed by atoms with Gasteiger partial charge in [0.15, 0.2) is 0 Å². The van der Waals surface area contributed by atoms with Crippen LogP contribution in [0.1, 0.15) is 12.8 Å². The Bertz CT molecular complexity index is 331. The van der Waals surface area contributed by atoms with E-state index in [1.165, 1.54) is 0 Å². The molecule has 16 heavy (non-hydrogen) atoms. The van der Waals surface area contributed by atoms with E-state index in [9.17, 15) is 0 Å². The molecule has 0 unspecified atom stereocenters. The molecule has 0 atom stereocenters. The fourth-order valence-corrected chi connectivity index (χ4v) is 2.39. The predicted molar refractivity (Wildman–Crippen MR) is 68.5 cm³/mol. The Kier molecular flexibility index (Phi) is 4.33. The van der Waals surface area contributed by atoms with Gasteiger partial charge in [0, 0.05) is 19.8 Å². The number of anilines is 1. The van der Waals surface area contributed by atoms with Gasteiger partial charge in [-0.1, -0.05) is 29.3 Å². The quantitative estimate of drug-likeness (QED) is 0.891. The Morgan fingerprint density at radius 1 is 1.19 bits per heavy atom. The van der Waals surface area contributed by atoms with Crippen LogP contribution in [0.2, 0.25) is 10.0 Å². The summed E-state index contributed by atoms with van der Waals surface area (Å²) < 4.78 is 5.32. The molecule has 88 valence electrons. The molecule has 0 radical (unpaired) electrons. The van der Waals surface area contributed by atoms with Crippen molar-refractivity contribution in [2.45, 2.75) is 12.8 Å². The van der Waals surface area contributed by atoms with Crippen molar-refractivity contribution in [1.82, 2.24) is 0 Å². The van der Waals surface area contributed by atoms with Crippen molar-refractivity contribution < 1.29 is 4.74 Å². The molecule has 1 N–H and O–H groups in total. The molecule has 0 spiro atoms. The van der Waals surface area contributed by atoms with Gasteiger partial charge in [0.05, 0.1) is 15.7 Å². The van der Waals surface area contributed by atoms with Crippen LogP contribution in [0.25, 0.3) is 0 Å². The minimum atomic E-state index is 0.654. The molecule has 1 aliphatic rings. The normalized spacial score (nSPS) is 17.4. The molecule has 0 aliphatic carbocycles. The molecule has 1 heterocycles.